The number of carboxylic acid groups (broad SMARTS) is 1. The third kappa shape index (κ3) is 3.24. The molecule has 0 aliphatic carbocycles. The van der Waals surface area contributed by atoms with Crippen LogP contribution in [-0.2, 0) is 26.4 Å². The molecule has 2 aromatic rings. The molecule has 3 rings (SSSR count). The number of amides is 2. The first kappa shape index (κ1) is 16.0. The highest BCUT2D eigenvalue weighted by Gasteiger charge is 2.28. The molecule has 1 aromatic heterocycles. The molecule has 2 heterocycles. The topological polar surface area (TPSA) is 87.5 Å². The first-order chi connectivity index (χ1) is 11.6. The first-order valence-electron chi connectivity index (χ1n) is 7.91. The highest BCUT2D eigenvalue weighted by atomic mass is 16.4. The Labute approximate surface area is 139 Å². The highest BCUT2D eigenvalue weighted by molar-refractivity contribution is 5.87. The second-order valence-corrected chi connectivity index (χ2v) is 5.84. The Bertz CT molecular complexity index is 755. The van der Waals surface area contributed by atoms with Gasteiger partial charge in [-0.25, -0.2) is 9.59 Å². The van der Waals surface area contributed by atoms with E-state index in [9.17, 15) is 14.7 Å². The van der Waals surface area contributed by atoms with E-state index in [0.717, 1.165) is 12.1 Å². The van der Waals surface area contributed by atoms with Crippen molar-refractivity contribution in [2.24, 2.45) is 7.05 Å². The van der Waals surface area contributed by atoms with Crippen LogP contribution in [-0.4, -0.2) is 44.9 Å². The van der Waals surface area contributed by atoms with Gasteiger partial charge >= 0.3 is 12.0 Å². The summed E-state index contributed by atoms with van der Waals surface area (Å²) in [4.78, 5) is 25.3. The third-order valence-corrected chi connectivity index (χ3v) is 4.26. The number of benzene rings is 1. The van der Waals surface area contributed by atoms with E-state index in [4.69, 9.17) is 0 Å². The molecule has 0 saturated heterocycles. The monoisotopic (exact) mass is 328 g/mol. The SMILES string of the molecule is Cn1nc(C(=O)O)c2c1CCN(C(=O)NCCc1ccccc1)C2. The molecule has 0 bridgehead atoms. The maximum Gasteiger partial charge on any atom is 0.356 e. The van der Waals surface area contributed by atoms with E-state index in [0.29, 0.717) is 25.1 Å². The van der Waals surface area contributed by atoms with Gasteiger partial charge < -0.3 is 15.3 Å². The van der Waals surface area contributed by atoms with Gasteiger partial charge in [0.1, 0.15) is 0 Å². The Balaban J connectivity index is 1.60. The van der Waals surface area contributed by atoms with Gasteiger partial charge in [0, 0.05) is 37.8 Å². The minimum atomic E-state index is -1.06. The first-order valence-corrected chi connectivity index (χ1v) is 7.91. The molecule has 0 fully saturated rings. The van der Waals surface area contributed by atoms with Crippen molar-refractivity contribution in [1.82, 2.24) is 20.0 Å². The summed E-state index contributed by atoms with van der Waals surface area (Å²) in [6.07, 6.45) is 1.37. The molecule has 0 radical (unpaired) electrons. The Kier molecular flexibility index (Phi) is 4.50. The maximum absolute atomic E-state index is 12.3. The molecule has 0 atom stereocenters. The zero-order valence-corrected chi connectivity index (χ0v) is 13.5. The number of rotatable bonds is 4. The molecule has 0 spiro atoms. The van der Waals surface area contributed by atoms with E-state index in [1.165, 1.54) is 5.56 Å². The number of nitrogens with zero attached hydrogens (tertiary/aromatic N) is 3. The number of fused-ring (bicyclic) bond motifs is 1. The molecule has 7 heteroatoms. The minimum Gasteiger partial charge on any atom is -0.476 e. The van der Waals surface area contributed by atoms with E-state index < -0.39 is 5.97 Å². The van der Waals surface area contributed by atoms with Crippen molar-refractivity contribution in [2.75, 3.05) is 13.1 Å². The van der Waals surface area contributed by atoms with Crippen LogP contribution in [0.1, 0.15) is 27.3 Å². The molecule has 7 nitrogen and oxygen atoms in total. The summed E-state index contributed by atoms with van der Waals surface area (Å²) >= 11 is 0. The van der Waals surface area contributed by atoms with Crippen molar-refractivity contribution in [3.63, 3.8) is 0 Å². The zero-order chi connectivity index (χ0) is 17.1. The van der Waals surface area contributed by atoms with Crippen molar-refractivity contribution in [1.29, 1.82) is 0 Å². The van der Waals surface area contributed by atoms with Gasteiger partial charge in [-0.3, -0.25) is 4.68 Å². The van der Waals surface area contributed by atoms with Gasteiger partial charge in [0.15, 0.2) is 5.69 Å². The number of carbonyl (C=O) groups excluding carboxylic acids is 1. The van der Waals surface area contributed by atoms with Crippen LogP contribution in [0.15, 0.2) is 30.3 Å². The predicted molar refractivity (Wildman–Crippen MR) is 87.8 cm³/mol. The lowest BCUT2D eigenvalue weighted by atomic mass is 10.1. The van der Waals surface area contributed by atoms with E-state index in [1.807, 2.05) is 30.3 Å². The number of hydrogen-bond acceptors (Lipinski definition) is 3. The lowest BCUT2D eigenvalue weighted by Gasteiger charge is -2.27. The van der Waals surface area contributed by atoms with Crippen LogP contribution in [0.3, 0.4) is 0 Å². The molecule has 2 N–H and O–H groups in total. The number of aryl methyl sites for hydroxylation is 1. The molecule has 1 aliphatic heterocycles. The molecular weight excluding hydrogens is 308 g/mol. The van der Waals surface area contributed by atoms with Crippen LogP contribution in [0.5, 0.6) is 0 Å². The summed E-state index contributed by atoms with van der Waals surface area (Å²) in [5.74, 6) is -1.06. The fourth-order valence-corrected chi connectivity index (χ4v) is 3.01. The van der Waals surface area contributed by atoms with Crippen molar-refractivity contribution in [3.8, 4) is 0 Å². The highest BCUT2D eigenvalue weighted by Crippen LogP contribution is 2.22. The van der Waals surface area contributed by atoms with Crippen LogP contribution >= 0.6 is 0 Å². The van der Waals surface area contributed by atoms with Crippen LogP contribution in [0.4, 0.5) is 4.79 Å². The third-order valence-electron chi connectivity index (χ3n) is 4.26. The smallest absolute Gasteiger partial charge is 0.356 e. The molecular formula is C17H20N4O3. The van der Waals surface area contributed by atoms with Crippen LogP contribution < -0.4 is 5.32 Å². The number of carbonyl (C=O) groups is 2. The van der Waals surface area contributed by atoms with Crippen LogP contribution in [0.25, 0.3) is 0 Å². The molecule has 0 saturated carbocycles. The van der Waals surface area contributed by atoms with Gasteiger partial charge in [-0.15, -0.1) is 0 Å². The summed E-state index contributed by atoms with van der Waals surface area (Å²) < 4.78 is 1.60. The number of nitrogens with one attached hydrogen (secondary N) is 1. The Hall–Kier alpha value is -2.83. The second kappa shape index (κ2) is 6.74. The summed E-state index contributed by atoms with van der Waals surface area (Å²) in [6.45, 7) is 1.38. The van der Waals surface area contributed by atoms with Gasteiger partial charge in [-0.2, -0.15) is 5.10 Å². The molecule has 126 valence electrons. The lowest BCUT2D eigenvalue weighted by Crippen LogP contribution is -2.43. The molecule has 2 amide bonds. The summed E-state index contributed by atoms with van der Waals surface area (Å²) in [7, 11) is 1.74. The second-order valence-electron chi connectivity index (χ2n) is 5.84. The molecule has 1 aromatic carbocycles. The maximum atomic E-state index is 12.3. The van der Waals surface area contributed by atoms with E-state index >= 15 is 0 Å². The van der Waals surface area contributed by atoms with E-state index in [1.54, 1.807) is 16.6 Å². The Morgan fingerprint density at radius 2 is 2.04 bits per heavy atom. The fraction of sp³-hybridized carbons (Fsp3) is 0.353. The standard InChI is InChI=1S/C17H20N4O3/c1-20-14-8-10-21(11-13(14)15(19-20)16(22)23)17(24)18-9-7-12-5-3-2-4-6-12/h2-6H,7-11H2,1H3,(H,18,24)(H,22,23). The number of urea groups is 1. The van der Waals surface area contributed by atoms with Crippen molar-refractivity contribution in [2.45, 2.75) is 19.4 Å². The van der Waals surface area contributed by atoms with Gasteiger partial charge in [0.2, 0.25) is 0 Å². The van der Waals surface area contributed by atoms with Gasteiger partial charge in [-0.1, -0.05) is 30.3 Å². The molecule has 24 heavy (non-hydrogen) atoms. The normalized spacial score (nSPS) is 13.5. The largest absolute Gasteiger partial charge is 0.476 e. The average Bonchev–Trinajstić information content (AvgIpc) is 2.92. The van der Waals surface area contributed by atoms with Gasteiger partial charge in [-0.05, 0) is 12.0 Å². The molecule has 0 unspecified atom stereocenters. The number of carboxylic acids is 1. The van der Waals surface area contributed by atoms with Crippen molar-refractivity contribution in [3.05, 3.63) is 52.8 Å². The van der Waals surface area contributed by atoms with Crippen molar-refractivity contribution < 1.29 is 14.7 Å². The van der Waals surface area contributed by atoms with Crippen LogP contribution in [0, 0.1) is 0 Å². The van der Waals surface area contributed by atoms with E-state index in [-0.39, 0.29) is 18.3 Å². The van der Waals surface area contributed by atoms with Crippen molar-refractivity contribution >= 4 is 12.0 Å². The van der Waals surface area contributed by atoms with E-state index in [2.05, 4.69) is 10.4 Å². The fourth-order valence-electron chi connectivity index (χ4n) is 3.01. The minimum absolute atomic E-state index is 0.0364. The lowest BCUT2D eigenvalue weighted by molar-refractivity contribution is 0.0687. The Morgan fingerprint density at radius 1 is 1.29 bits per heavy atom. The average molecular weight is 328 g/mol. The summed E-state index contributed by atoms with van der Waals surface area (Å²) in [5.41, 5.74) is 2.73. The molecule has 1 aliphatic rings. The Morgan fingerprint density at radius 3 is 2.75 bits per heavy atom. The van der Waals surface area contributed by atoms with Gasteiger partial charge in [0.25, 0.3) is 0 Å². The number of hydrogen-bond donors (Lipinski definition) is 2. The van der Waals surface area contributed by atoms with Gasteiger partial charge in [0.05, 0.1) is 6.54 Å². The summed E-state index contributed by atoms with van der Waals surface area (Å²) in [5, 5.41) is 16.2. The number of aromatic carboxylic acids is 1. The zero-order valence-electron chi connectivity index (χ0n) is 13.5. The predicted octanol–water partition coefficient (Wildman–Crippen LogP) is 1.43. The van der Waals surface area contributed by atoms with Crippen LogP contribution in [0.2, 0.25) is 0 Å². The summed E-state index contributed by atoms with van der Waals surface area (Å²) in [6, 6.07) is 9.78. The quantitative estimate of drug-likeness (QED) is 0.889. The number of aromatic nitrogens is 2.